The lowest BCUT2D eigenvalue weighted by atomic mass is 9.82. The summed E-state index contributed by atoms with van der Waals surface area (Å²) in [6, 6.07) is 0. The molecule has 1 aliphatic heterocycles. The molecule has 2 heteroatoms. The van der Waals surface area contributed by atoms with E-state index >= 15 is 0 Å². The van der Waals surface area contributed by atoms with Crippen molar-refractivity contribution in [1.29, 1.82) is 0 Å². The standard InChI is InChI=1S/C12H19NO/c14-12(3-4-13-8-12)7-11-6-9-1-2-10(11)5-9/h1-2,9-11,13-14H,3-8H2. The minimum atomic E-state index is -0.386. The second-order valence-electron chi connectivity index (χ2n) is 5.40. The van der Waals surface area contributed by atoms with Crippen LogP contribution in [-0.2, 0) is 0 Å². The van der Waals surface area contributed by atoms with Gasteiger partial charge < -0.3 is 10.4 Å². The molecule has 0 aromatic heterocycles. The number of β-amino-alcohol motifs (C(OH)–C–C–N with tert-alkyl or cyclic N) is 1. The Kier molecular flexibility index (Phi) is 1.96. The molecule has 2 fully saturated rings. The number of fused-ring (bicyclic) bond motifs is 2. The maximum atomic E-state index is 10.3. The van der Waals surface area contributed by atoms with E-state index in [2.05, 4.69) is 17.5 Å². The zero-order valence-electron chi connectivity index (χ0n) is 8.58. The van der Waals surface area contributed by atoms with Gasteiger partial charge >= 0.3 is 0 Å². The van der Waals surface area contributed by atoms with Crippen LogP contribution in [0.25, 0.3) is 0 Å². The fourth-order valence-electron chi connectivity index (χ4n) is 3.52. The minimum absolute atomic E-state index is 0.386. The summed E-state index contributed by atoms with van der Waals surface area (Å²) in [5.74, 6) is 2.38. The molecule has 4 unspecified atom stereocenters. The van der Waals surface area contributed by atoms with E-state index in [0.29, 0.717) is 0 Å². The summed E-state index contributed by atoms with van der Waals surface area (Å²) in [6.07, 6.45) is 9.40. The van der Waals surface area contributed by atoms with Crippen LogP contribution in [0.4, 0.5) is 0 Å². The third kappa shape index (κ3) is 1.41. The Morgan fingerprint density at radius 3 is 2.86 bits per heavy atom. The predicted octanol–water partition coefficient (Wildman–Crippen LogP) is 1.31. The molecule has 2 aliphatic carbocycles. The third-order valence-electron chi connectivity index (χ3n) is 4.28. The van der Waals surface area contributed by atoms with E-state index in [4.69, 9.17) is 0 Å². The van der Waals surface area contributed by atoms with Crippen molar-refractivity contribution in [3.8, 4) is 0 Å². The fraction of sp³-hybridized carbons (Fsp3) is 0.833. The van der Waals surface area contributed by atoms with E-state index < -0.39 is 0 Å². The molecule has 0 spiro atoms. The Balaban J connectivity index is 1.65. The molecule has 2 N–H and O–H groups in total. The van der Waals surface area contributed by atoms with Gasteiger partial charge in [-0.15, -0.1) is 0 Å². The number of aliphatic hydroxyl groups is 1. The molecule has 1 saturated heterocycles. The van der Waals surface area contributed by atoms with Gasteiger partial charge in [0.05, 0.1) is 5.60 Å². The lowest BCUT2D eigenvalue weighted by molar-refractivity contribution is 0.0310. The van der Waals surface area contributed by atoms with E-state index in [0.717, 1.165) is 43.7 Å². The van der Waals surface area contributed by atoms with Crippen molar-refractivity contribution in [2.45, 2.75) is 31.3 Å². The molecule has 4 atom stereocenters. The molecule has 3 aliphatic rings. The van der Waals surface area contributed by atoms with Crippen LogP contribution in [0.3, 0.4) is 0 Å². The predicted molar refractivity (Wildman–Crippen MR) is 55.9 cm³/mol. The monoisotopic (exact) mass is 193 g/mol. The first kappa shape index (κ1) is 8.93. The molecule has 1 heterocycles. The highest BCUT2D eigenvalue weighted by atomic mass is 16.3. The zero-order chi connectivity index (χ0) is 9.60. The van der Waals surface area contributed by atoms with E-state index in [1.54, 1.807) is 0 Å². The molecule has 3 rings (SSSR count). The molecule has 1 saturated carbocycles. The van der Waals surface area contributed by atoms with Crippen molar-refractivity contribution in [3.05, 3.63) is 12.2 Å². The van der Waals surface area contributed by atoms with E-state index in [1.165, 1.54) is 12.8 Å². The molecule has 2 nitrogen and oxygen atoms in total. The normalized spacial score (nSPS) is 50.5. The molecule has 2 bridgehead atoms. The summed E-state index contributed by atoms with van der Waals surface area (Å²) in [4.78, 5) is 0. The second kappa shape index (κ2) is 3.07. The Bertz CT molecular complexity index is 255. The van der Waals surface area contributed by atoms with Crippen molar-refractivity contribution < 1.29 is 5.11 Å². The largest absolute Gasteiger partial charge is 0.389 e. The van der Waals surface area contributed by atoms with Gasteiger partial charge in [0.2, 0.25) is 0 Å². The van der Waals surface area contributed by atoms with Gasteiger partial charge in [0, 0.05) is 6.54 Å². The molecule has 14 heavy (non-hydrogen) atoms. The quantitative estimate of drug-likeness (QED) is 0.648. The highest BCUT2D eigenvalue weighted by Crippen LogP contribution is 2.47. The number of hydrogen-bond donors (Lipinski definition) is 2. The van der Waals surface area contributed by atoms with Gasteiger partial charge in [0.25, 0.3) is 0 Å². The van der Waals surface area contributed by atoms with Crippen LogP contribution in [0.5, 0.6) is 0 Å². The van der Waals surface area contributed by atoms with Gasteiger partial charge in [-0.3, -0.25) is 0 Å². The van der Waals surface area contributed by atoms with Crippen molar-refractivity contribution in [2.75, 3.05) is 13.1 Å². The van der Waals surface area contributed by atoms with Crippen LogP contribution in [0.15, 0.2) is 12.2 Å². The van der Waals surface area contributed by atoms with Crippen LogP contribution in [0.2, 0.25) is 0 Å². The molecule has 0 amide bonds. The van der Waals surface area contributed by atoms with Crippen molar-refractivity contribution in [2.24, 2.45) is 17.8 Å². The van der Waals surface area contributed by atoms with Gasteiger partial charge in [-0.05, 0) is 50.0 Å². The highest BCUT2D eigenvalue weighted by Gasteiger charge is 2.41. The highest BCUT2D eigenvalue weighted by molar-refractivity contribution is 5.11. The Labute approximate surface area is 85.4 Å². The summed E-state index contributed by atoms with van der Waals surface area (Å²) in [7, 11) is 0. The van der Waals surface area contributed by atoms with Crippen LogP contribution >= 0.6 is 0 Å². The third-order valence-corrected chi connectivity index (χ3v) is 4.28. The molecule has 0 radical (unpaired) electrons. The topological polar surface area (TPSA) is 32.3 Å². The smallest absolute Gasteiger partial charge is 0.0786 e. The van der Waals surface area contributed by atoms with E-state index in [9.17, 15) is 5.11 Å². The van der Waals surface area contributed by atoms with Gasteiger partial charge in [-0.1, -0.05) is 12.2 Å². The summed E-state index contributed by atoms with van der Waals surface area (Å²) in [5.41, 5.74) is -0.386. The Morgan fingerprint density at radius 2 is 2.29 bits per heavy atom. The van der Waals surface area contributed by atoms with Gasteiger partial charge in [-0.25, -0.2) is 0 Å². The Morgan fingerprint density at radius 1 is 1.36 bits per heavy atom. The fourth-order valence-corrected chi connectivity index (χ4v) is 3.52. The first-order valence-electron chi connectivity index (χ1n) is 5.87. The van der Waals surface area contributed by atoms with Gasteiger partial charge in [0.1, 0.15) is 0 Å². The minimum Gasteiger partial charge on any atom is -0.389 e. The van der Waals surface area contributed by atoms with Gasteiger partial charge in [-0.2, -0.15) is 0 Å². The number of hydrogen-bond acceptors (Lipinski definition) is 2. The lowest BCUT2D eigenvalue weighted by Gasteiger charge is -2.28. The second-order valence-corrected chi connectivity index (χ2v) is 5.40. The first-order valence-corrected chi connectivity index (χ1v) is 5.87. The SMILES string of the molecule is OC1(CC2CC3C=CC2C3)CCNC1. The molecule has 0 aromatic carbocycles. The number of nitrogens with one attached hydrogen (secondary N) is 1. The molecular formula is C12H19NO. The number of allylic oxidation sites excluding steroid dienone is 2. The van der Waals surface area contributed by atoms with Crippen molar-refractivity contribution >= 4 is 0 Å². The lowest BCUT2D eigenvalue weighted by Crippen LogP contribution is -2.34. The molecule has 0 aromatic rings. The molecule has 78 valence electrons. The Hall–Kier alpha value is -0.340. The van der Waals surface area contributed by atoms with E-state index in [-0.39, 0.29) is 5.60 Å². The van der Waals surface area contributed by atoms with Crippen LogP contribution < -0.4 is 5.32 Å². The maximum absolute atomic E-state index is 10.3. The summed E-state index contributed by atoms with van der Waals surface area (Å²) in [6.45, 7) is 1.80. The van der Waals surface area contributed by atoms with Crippen molar-refractivity contribution in [3.63, 3.8) is 0 Å². The average Bonchev–Trinajstić information content (AvgIpc) is 2.80. The number of rotatable bonds is 2. The van der Waals surface area contributed by atoms with Gasteiger partial charge in [0.15, 0.2) is 0 Å². The van der Waals surface area contributed by atoms with Crippen LogP contribution in [0.1, 0.15) is 25.7 Å². The average molecular weight is 193 g/mol. The first-order chi connectivity index (χ1) is 6.75. The van der Waals surface area contributed by atoms with Crippen LogP contribution in [-0.4, -0.2) is 23.8 Å². The van der Waals surface area contributed by atoms with Crippen LogP contribution in [0, 0.1) is 17.8 Å². The summed E-state index contributed by atoms with van der Waals surface area (Å²) < 4.78 is 0. The molecular weight excluding hydrogens is 174 g/mol. The zero-order valence-corrected chi connectivity index (χ0v) is 8.58. The summed E-state index contributed by atoms with van der Waals surface area (Å²) in [5, 5.41) is 13.6. The van der Waals surface area contributed by atoms with Crippen molar-refractivity contribution in [1.82, 2.24) is 5.32 Å². The summed E-state index contributed by atoms with van der Waals surface area (Å²) >= 11 is 0. The maximum Gasteiger partial charge on any atom is 0.0786 e. The van der Waals surface area contributed by atoms with E-state index in [1.807, 2.05) is 0 Å².